The van der Waals surface area contributed by atoms with E-state index in [2.05, 4.69) is 0 Å². The van der Waals surface area contributed by atoms with Crippen molar-refractivity contribution in [1.82, 2.24) is 0 Å². The van der Waals surface area contributed by atoms with Gasteiger partial charge in [0.2, 0.25) is 11.7 Å². The van der Waals surface area contributed by atoms with Gasteiger partial charge in [-0.3, -0.25) is 14.4 Å². The molecular weight excluding hydrogens is 358 g/mol. The van der Waals surface area contributed by atoms with Crippen molar-refractivity contribution in [3.8, 4) is 5.75 Å². The summed E-state index contributed by atoms with van der Waals surface area (Å²) in [5, 5.41) is 0. The molecule has 6 heteroatoms. The summed E-state index contributed by atoms with van der Waals surface area (Å²) < 4.78 is 10.7. The summed E-state index contributed by atoms with van der Waals surface area (Å²) in [6.45, 7) is 4.25. The van der Waals surface area contributed by atoms with Crippen LogP contribution in [0.2, 0.25) is 0 Å². The molecule has 1 amide bonds. The molecule has 0 unspecified atom stereocenters. The molecule has 2 atom stereocenters. The Hall–Kier alpha value is -3.15. The fourth-order valence-corrected chi connectivity index (χ4v) is 3.17. The van der Waals surface area contributed by atoms with Crippen LogP contribution in [0, 0.1) is 5.92 Å². The molecule has 0 aliphatic carbocycles. The minimum Gasteiger partial charge on any atom is -0.494 e. The first-order chi connectivity index (χ1) is 13.5. The van der Waals surface area contributed by atoms with Gasteiger partial charge in [-0.05, 0) is 38.1 Å². The lowest BCUT2D eigenvalue weighted by atomic mass is 10.1. The highest BCUT2D eigenvalue weighted by molar-refractivity contribution is 6.02. The van der Waals surface area contributed by atoms with Crippen LogP contribution >= 0.6 is 0 Å². The van der Waals surface area contributed by atoms with E-state index in [4.69, 9.17) is 9.47 Å². The summed E-state index contributed by atoms with van der Waals surface area (Å²) in [5.74, 6) is -0.805. The van der Waals surface area contributed by atoms with Gasteiger partial charge in [-0.25, -0.2) is 0 Å². The van der Waals surface area contributed by atoms with Crippen molar-refractivity contribution in [2.75, 3.05) is 18.1 Å². The number of carbonyl (C=O) groups is 3. The van der Waals surface area contributed by atoms with Crippen molar-refractivity contribution >= 4 is 23.3 Å². The molecule has 1 heterocycles. The molecule has 0 aromatic heterocycles. The minimum absolute atomic E-state index is 0.0678. The number of hydrogen-bond acceptors (Lipinski definition) is 5. The van der Waals surface area contributed by atoms with Crippen LogP contribution in [-0.4, -0.2) is 36.9 Å². The van der Waals surface area contributed by atoms with Crippen LogP contribution in [0.25, 0.3) is 0 Å². The van der Waals surface area contributed by atoms with Gasteiger partial charge >= 0.3 is 5.97 Å². The molecule has 0 bridgehead atoms. The molecule has 0 N–H and O–H groups in total. The van der Waals surface area contributed by atoms with Crippen molar-refractivity contribution in [2.45, 2.75) is 26.4 Å². The predicted octanol–water partition coefficient (Wildman–Crippen LogP) is 3.25. The van der Waals surface area contributed by atoms with Gasteiger partial charge in [0.05, 0.1) is 12.5 Å². The maximum atomic E-state index is 12.5. The number of ether oxygens (including phenoxy) is 2. The molecule has 28 heavy (non-hydrogen) atoms. The van der Waals surface area contributed by atoms with Gasteiger partial charge in [-0.15, -0.1) is 0 Å². The Labute approximate surface area is 164 Å². The first kappa shape index (κ1) is 19.6. The van der Waals surface area contributed by atoms with E-state index in [1.165, 1.54) is 0 Å². The Morgan fingerprint density at radius 1 is 1.11 bits per heavy atom. The van der Waals surface area contributed by atoms with Crippen LogP contribution in [0.5, 0.6) is 5.75 Å². The number of anilines is 1. The third-order valence-corrected chi connectivity index (χ3v) is 4.64. The van der Waals surface area contributed by atoms with Gasteiger partial charge in [-0.2, -0.15) is 0 Å². The zero-order chi connectivity index (χ0) is 20.1. The average Bonchev–Trinajstić information content (AvgIpc) is 3.10. The molecule has 0 radical (unpaired) electrons. The smallest absolute Gasteiger partial charge is 0.312 e. The van der Waals surface area contributed by atoms with Crippen molar-refractivity contribution in [2.24, 2.45) is 5.92 Å². The molecule has 146 valence electrons. The van der Waals surface area contributed by atoms with E-state index in [0.717, 1.165) is 5.75 Å². The molecule has 1 aliphatic rings. The maximum Gasteiger partial charge on any atom is 0.312 e. The lowest BCUT2D eigenvalue weighted by molar-refractivity contribution is -0.151. The van der Waals surface area contributed by atoms with Gasteiger partial charge in [0, 0.05) is 24.2 Å². The third-order valence-electron chi connectivity index (χ3n) is 4.64. The number of amides is 1. The van der Waals surface area contributed by atoms with E-state index in [-0.39, 0.29) is 24.7 Å². The van der Waals surface area contributed by atoms with Crippen molar-refractivity contribution < 1.29 is 23.9 Å². The number of ketones is 1. The lowest BCUT2D eigenvalue weighted by Gasteiger charge is -2.18. The fourth-order valence-electron chi connectivity index (χ4n) is 3.17. The number of rotatable bonds is 7. The normalized spacial score (nSPS) is 17.3. The Bertz CT molecular complexity index is 847. The van der Waals surface area contributed by atoms with Crippen LogP contribution in [-0.2, 0) is 14.3 Å². The minimum atomic E-state index is -0.899. The summed E-state index contributed by atoms with van der Waals surface area (Å²) in [6, 6.07) is 15.8. The maximum absolute atomic E-state index is 12.5. The van der Waals surface area contributed by atoms with E-state index in [0.29, 0.717) is 17.9 Å². The number of Topliss-reactive ketones (excluding diaryl/α,β-unsaturated/α-hetero) is 1. The summed E-state index contributed by atoms with van der Waals surface area (Å²) in [6.07, 6.45) is -0.831. The van der Waals surface area contributed by atoms with Crippen LogP contribution < -0.4 is 9.64 Å². The highest BCUT2D eigenvalue weighted by Gasteiger charge is 2.37. The summed E-state index contributed by atoms with van der Waals surface area (Å²) in [5.41, 5.74) is 1.19. The van der Waals surface area contributed by atoms with Crippen molar-refractivity contribution in [3.63, 3.8) is 0 Å². The molecule has 0 saturated carbocycles. The summed E-state index contributed by atoms with van der Waals surface area (Å²) in [7, 11) is 0. The molecule has 2 aromatic rings. The second-order valence-corrected chi connectivity index (χ2v) is 6.64. The monoisotopic (exact) mass is 381 g/mol. The molecule has 1 aliphatic heterocycles. The van der Waals surface area contributed by atoms with Gasteiger partial charge < -0.3 is 14.4 Å². The molecule has 3 rings (SSSR count). The molecular formula is C22H23NO5. The zero-order valence-electron chi connectivity index (χ0n) is 16.0. The molecule has 6 nitrogen and oxygen atoms in total. The van der Waals surface area contributed by atoms with Crippen molar-refractivity contribution in [3.05, 3.63) is 60.2 Å². The van der Waals surface area contributed by atoms with E-state index in [1.54, 1.807) is 60.4 Å². The quantitative estimate of drug-likeness (QED) is 0.544. The molecule has 1 saturated heterocycles. The standard InChI is InChI=1S/C22H23NO5/c1-3-27-19-11-9-18(10-12-19)23-14-17(13-20(23)24)22(26)28-15(2)21(25)16-7-5-4-6-8-16/h4-12,15,17H,3,13-14H2,1-2H3/t15-,17-/m0/s1. The second kappa shape index (κ2) is 8.69. The zero-order valence-corrected chi connectivity index (χ0v) is 16.0. The van der Waals surface area contributed by atoms with Gasteiger partial charge in [-0.1, -0.05) is 30.3 Å². The number of benzene rings is 2. The Kier molecular flexibility index (Phi) is 6.09. The second-order valence-electron chi connectivity index (χ2n) is 6.64. The topological polar surface area (TPSA) is 72.9 Å². The van der Waals surface area contributed by atoms with E-state index >= 15 is 0 Å². The largest absolute Gasteiger partial charge is 0.494 e. The van der Waals surface area contributed by atoms with Crippen LogP contribution in [0.15, 0.2) is 54.6 Å². The SMILES string of the molecule is CCOc1ccc(N2C[C@@H](C(=O)O[C@@H](C)C(=O)c3ccccc3)CC2=O)cc1. The van der Waals surface area contributed by atoms with Crippen molar-refractivity contribution in [1.29, 1.82) is 0 Å². The molecule has 1 fully saturated rings. The fraction of sp³-hybridized carbons (Fsp3) is 0.318. The number of esters is 1. The summed E-state index contributed by atoms with van der Waals surface area (Å²) in [4.78, 5) is 38.8. The van der Waals surface area contributed by atoms with E-state index < -0.39 is 18.0 Å². The average molecular weight is 381 g/mol. The number of hydrogen-bond donors (Lipinski definition) is 0. The first-order valence-corrected chi connectivity index (χ1v) is 9.32. The molecule has 2 aromatic carbocycles. The van der Waals surface area contributed by atoms with Crippen LogP contribution in [0.4, 0.5) is 5.69 Å². The van der Waals surface area contributed by atoms with E-state index in [1.807, 2.05) is 13.0 Å². The summed E-state index contributed by atoms with van der Waals surface area (Å²) >= 11 is 0. The Balaban J connectivity index is 1.61. The van der Waals surface area contributed by atoms with Crippen LogP contribution in [0.1, 0.15) is 30.6 Å². The highest BCUT2D eigenvalue weighted by Crippen LogP contribution is 2.28. The van der Waals surface area contributed by atoms with E-state index in [9.17, 15) is 14.4 Å². The Morgan fingerprint density at radius 3 is 2.43 bits per heavy atom. The molecule has 0 spiro atoms. The first-order valence-electron chi connectivity index (χ1n) is 9.32. The van der Waals surface area contributed by atoms with Gasteiger partial charge in [0.15, 0.2) is 6.10 Å². The van der Waals surface area contributed by atoms with Gasteiger partial charge in [0.25, 0.3) is 0 Å². The third kappa shape index (κ3) is 4.39. The predicted molar refractivity (Wildman–Crippen MR) is 104 cm³/mol. The lowest BCUT2D eigenvalue weighted by Crippen LogP contribution is -2.30. The highest BCUT2D eigenvalue weighted by atomic mass is 16.5. The van der Waals surface area contributed by atoms with Crippen LogP contribution in [0.3, 0.4) is 0 Å². The number of nitrogens with zero attached hydrogens (tertiary/aromatic N) is 1. The Morgan fingerprint density at radius 2 is 1.79 bits per heavy atom. The number of carbonyl (C=O) groups excluding carboxylic acids is 3. The van der Waals surface area contributed by atoms with Gasteiger partial charge in [0.1, 0.15) is 5.75 Å².